The van der Waals surface area contributed by atoms with E-state index in [4.69, 9.17) is 9.47 Å². The number of nitrogens with one attached hydrogen (secondary N) is 1. The SMILES string of the molecule is C[C@@]1(CO)Cc2cc(NC(=O)c3cccc(C(F)(F)F)n3)c(N3CCOCC3)cc2O1. The van der Waals surface area contributed by atoms with E-state index < -0.39 is 23.4 Å². The zero-order valence-electron chi connectivity index (χ0n) is 16.8. The molecule has 2 aliphatic rings. The molecule has 2 aromatic rings. The average Bonchev–Trinajstić information content (AvgIpc) is 3.09. The molecule has 1 aromatic heterocycles. The maximum atomic E-state index is 13.0. The van der Waals surface area contributed by atoms with E-state index in [9.17, 15) is 23.1 Å². The smallest absolute Gasteiger partial charge is 0.433 e. The molecule has 7 nitrogen and oxygen atoms in total. The number of carbonyl (C=O) groups excluding carboxylic acids is 1. The van der Waals surface area contributed by atoms with Crippen molar-refractivity contribution < 1.29 is 32.5 Å². The molecule has 1 atom stereocenters. The number of benzene rings is 1. The summed E-state index contributed by atoms with van der Waals surface area (Å²) in [5.41, 5.74) is -0.328. The van der Waals surface area contributed by atoms with Gasteiger partial charge in [-0.25, -0.2) is 4.98 Å². The molecule has 4 rings (SSSR count). The summed E-state index contributed by atoms with van der Waals surface area (Å²) in [6.45, 7) is 3.79. The van der Waals surface area contributed by atoms with E-state index in [0.717, 1.165) is 17.7 Å². The Kier molecular flexibility index (Phi) is 5.52. The number of alkyl halides is 3. The Morgan fingerprint density at radius 2 is 2.03 bits per heavy atom. The Balaban J connectivity index is 1.67. The largest absolute Gasteiger partial charge is 0.484 e. The molecule has 2 aliphatic heterocycles. The zero-order valence-corrected chi connectivity index (χ0v) is 16.8. The molecular weight excluding hydrogens is 415 g/mol. The number of fused-ring (bicyclic) bond motifs is 1. The fourth-order valence-corrected chi connectivity index (χ4v) is 3.71. The van der Waals surface area contributed by atoms with E-state index in [-0.39, 0.29) is 12.3 Å². The first kappa shape index (κ1) is 21.4. The fraction of sp³-hybridized carbons (Fsp3) is 0.429. The Labute approximate surface area is 176 Å². The molecular formula is C21H22F3N3O4. The molecule has 0 unspecified atom stereocenters. The van der Waals surface area contributed by atoms with Gasteiger partial charge < -0.3 is 24.8 Å². The first-order valence-corrected chi connectivity index (χ1v) is 9.84. The van der Waals surface area contributed by atoms with Crippen LogP contribution >= 0.6 is 0 Å². The maximum absolute atomic E-state index is 13.0. The third-order valence-corrected chi connectivity index (χ3v) is 5.31. The lowest BCUT2D eigenvalue weighted by atomic mass is 9.99. The Bertz CT molecular complexity index is 992. The van der Waals surface area contributed by atoms with Crippen LogP contribution in [-0.2, 0) is 17.3 Å². The topological polar surface area (TPSA) is 83.9 Å². The Morgan fingerprint density at radius 1 is 1.29 bits per heavy atom. The summed E-state index contributed by atoms with van der Waals surface area (Å²) in [7, 11) is 0. The van der Waals surface area contributed by atoms with E-state index in [1.807, 2.05) is 4.90 Å². The molecule has 1 saturated heterocycles. The molecule has 1 fully saturated rings. The van der Waals surface area contributed by atoms with E-state index in [0.29, 0.717) is 49.8 Å². The molecule has 10 heteroatoms. The van der Waals surface area contributed by atoms with Crippen molar-refractivity contribution in [2.75, 3.05) is 43.1 Å². The molecule has 0 spiro atoms. The summed E-state index contributed by atoms with van der Waals surface area (Å²) < 4.78 is 50.2. The highest BCUT2D eigenvalue weighted by molar-refractivity contribution is 6.05. The molecule has 3 heterocycles. The van der Waals surface area contributed by atoms with Crippen molar-refractivity contribution in [2.24, 2.45) is 0 Å². The maximum Gasteiger partial charge on any atom is 0.433 e. The van der Waals surface area contributed by atoms with Gasteiger partial charge in [-0.15, -0.1) is 0 Å². The summed E-state index contributed by atoms with van der Waals surface area (Å²) in [5.74, 6) is -0.141. The van der Waals surface area contributed by atoms with Crippen molar-refractivity contribution in [3.05, 3.63) is 47.3 Å². The second-order valence-corrected chi connectivity index (χ2v) is 7.82. The van der Waals surface area contributed by atoms with Crippen LogP contribution in [0.3, 0.4) is 0 Å². The van der Waals surface area contributed by atoms with Crippen LogP contribution < -0.4 is 15.0 Å². The number of amides is 1. The van der Waals surface area contributed by atoms with Gasteiger partial charge in [0.25, 0.3) is 5.91 Å². The molecule has 166 valence electrons. The minimum absolute atomic E-state index is 0.176. The number of rotatable bonds is 4. The van der Waals surface area contributed by atoms with Crippen molar-refractivity contribution in [3.8, 4) is 5.75 Å². The predicted molar refractivity (Wildman–Crippen MR) is 106 cm³/mol. The average molecular weight is 437 g/mol. The highest BCUT2D eigenvalue weighted by Crippen LogP contribution is 2.42. The number of morpholine rings is 1. The molecule has 2 N–H and O–H groups in total. The van der Waals surface area contributed by atoms with Crippen LogP contribution in [0, 0.1) is 0 Å². The Hall–Kier alpha value is -2.85. The van der Waals surface area contributed by atoms with Crippen LogP contribution in [0.15, 0.2) is 30.3 Å². The predicted octanol–water partition coefficient (Wildman–Crippen LogP) is 2.88. The molecule has 0 saturated carbocycles. The van der Waals surface area contributed by atoms with Gasteiger partial charge in [-0.2, -0.15) is 13.2 Å². The number of aliphatic hydroxyl groups is 1. The summed E-state index contributed by atoms with van der Waals surface area (Å²) in [5, 5.41) is 12.4. The Morgan fingerprint density at radius 3 is 2.71 bits per heavy atom. The van der Waals surface area contributed by atoms with Gasteiger partial charge in [0.2, 0.25) is 0 Å². The van der Waals surface area contributed by atoms with E-state index in [1.54, 1.807) is 19.1 Å². The third kappa shape index (κ3) is 4.45. The van der Waals surface area contributed by atoms with Crippen LogP contribution in [0.2, 0.25) is 0 Å². The lowest BCUT2D eigenvalue weighted by Crippen LogP contribution is -2.37. The lowest BCUT2D eigenvalue weighted by Gasteiger charge is -2.31. The normalized spacial score (nSPS) is 20.9. The number of aliphatic hydroxyl groups excluding tert-OH is 1. The highest BCUT2D eigenvalue weighted by atomic mass is 19.4. The van der Waals surface area contributed by atoms with Crippen LogP contribution in [0.1, 0.15) is 28.7 Å². The van der Waals surface area contributed by atoms with Crippen LogP contribution in [0.5, 0.6) is 5.75 Å². The van der Waals surface area contributed by atoms with E-state index in [1.165, 1.54) is 6.07 Å². The highest BCUT2D eigenvalue weighted by Gasteiger charge is 2.36. The van der Waals surface area contributed by atoms with Crippen molar-refractivity contribution >= 4 is 17.3 Å². The van der Waals surface area contributed by atoms with Gasteiger partial charge >= 0.3 is 6.18 Å². The van der Waals surface area contributed by atoms with Gasteiger partial charge in [0.1, 0.15) is 22.7 Å². The van der Waals surface area contributed by atoms with Gasteiger partial charge in [0, 0.05) is 31.1 Å². The van der Waals surface area contributed by atoms with Gasteiger partial charge in [-0.1, -0.05) is 6.07 Å². The van der Waals surface area contributed by atoms with Crippen LogP contribution in [0.25, 0.3) is 0 Å². The summed E-state index contributed by atoms with van der Waals surface area (Å²) in [6, 6.07) is 6.73. The minimum atomic E-state index is -4.64. The third-order valence-electron chi connectivity index (χ3n) is 5.31. The fourth-order valence-electron chi connectivity index (χ4n) is 3.71. The van der Waals surface area contributed by atoms with Crippen molar-refractivity contribution in [1.29, 1.82) is 0 Å². The minimum Gasteiger partial charge on any atom is -0.484 e. The lowest BCUT2D eigenvalue weighted by molar-refractivity contribution is -0.141. The summed E-state index contributed by atoms with van der Waals surface area (Å²) in [4.78, 5) is 18.2. The van der Waals surface area contributed by atoms with Crippen molar-refractivity contribution in [1.82, 2.24) is 4.98 Å². The molecule has 0 radical (unpaired) electrons. The molecule has 0 bridgehead atoms. The number of nitrogens with zero attached hydrogens (tertiary/aromatic N) is 2. The number of anilines is 2. The standard InChI is InChI=1S/C21H22F3N3O4/c1-20(12-28)11-13-9-15(16(10-17(13)31-20)27-5-7-30-8-6-27)26-19(29)14-3-2-4-18(25-14)21(22,23)24/h2-4,9-10,28H,5-8,11-12H2,1H3,(H,26,29)/t20-/m0/s1. The second-order valence-electron chi connectivity index (χ2n) is 7.82. The number of hydrogen-bond donors (Lipinski definition) is 2. The van der Waals surface area contributed by atoms with E-state index in [2.05, 4.69) is 10.3 Å². The van der Waals surface area contributed by atoms with Gasteiger partial charge in [-0.3, -0.25) is 4.79 Å². The molecule has 31 heavy (non-hydrogen) atoms. The van der Waals surface area contributed by atoms with Crippen molar-refractivity contribution in [3.63, 3.8) is 0 Å². The number of halogens is 3. The number of pyridine rings is 1. The zero-order chi connectivity index (χ0) is 22.2. The number of ether oxygens (including phenoxy) is 2. The van der Waals surface area contributed by atoms with Gasteiger partial charge in [-0.05, 0) is 25.1 Å². The number of aromatic nitrogens is 1. The molecule has 1 amide bonds. The summed E-state index contributed by atoms with van der Waals surface area (Å²) in [6.07, 6.45) is -4.21. The quantitative estimate of drug-likeness (QED) is 0.766. The molecule has 0 aliphatic carbocycles. The molecule has 1 aromatic carbocycles. The second kappa shape index (κ2) is 8.01. The summed E-state index contributed by atoms with van der Waals surface area (Å²) >= 11 is 0. The van der Waals surface area contributed by atoms with E-state index >= 15 is 0 Å². The first-order chi connectivity index (χ1) is 14.7. The van der Waals surface area contributed by atoms with Gasteiger partial charge in [0.15, 0.2) is 0 Å². The van der Waals surface area contributed by atoms with Crippen molar-refractivity contribution in [2.45, 2.75) is 25.1 Å². The van der Waals surface area contributed by atoms with Crippen LogP contribution in [0.4, 0.5) is 24.5 Å². The first-order valence-electron chi connectivity index (χ1n) is 9.84. The number of carbonyl (C=O) groups is 1. The number of hydrogen-bond acceptors (Lipinski definition) is 6. The van der Waals surface area contributed by atoms with Gasteiger partial charge in [0.05, 0.1) is 31.2 Å². The monoisotopic (exact) mass is 437 g/mol. The van der Waals surface area contributed by atoms with Crippen LogP contribution in [-0.4, -0.2) is 54.5 Å².